The van der Waals surface area contributed by atoms with Gasteiger partial charge in [0.25, 0.3) is 11.8 Å². The molecule has 0 aliphatic carbocycles. The first kappa shape index (κ1) is 18.4. The SMILES string of the molecule is O=C(CNC(=O)c1ccc(NC(=O)c2cccs2)cc1)NCc1ccco1. The van der Waals surface area contributed by atoms with Crippen LogP contribution in [0.1, 0.15) is 25.8 Å². The third-order valence-corrected chi connectivity index (χ3v) is 4.47. The third-order valence-electron chi connectivity index (χ3n) is 3.60. The fraction of sp³-hybridized carbons (Fsp3) is 0.105. The van der Waals surface area contributed by atoms with Gasteiger partial charge in [-0.1, -0.05) is 6.07 Å². The van der Waals surface area contributed by atoms with Crippen LogP contribution in [0.4, 0.5) is 5.69 Å². The summed E-state index contributed by atoms with van der Waals surface area (Å²) in [5.74, 6) is -0.260. The minimum Gasteiger partial charge on any atom is -0.467 e. The van der Waals surface area contributed by atoms with Gasteiger partial charge >= 0.3 is 0 Å². The molecule has 0 saturated carbocycles. The number of furan rings is 1. The maximum absolute atomic E-state index is 12.1. The Balaban J connectivity index is 1.45. The molecule has 3 N–H and O–H groups in total. The Hall–Kier alpha value is -3.39. The number of thiophene rings is 1. The minimum atomic E-state index is -0.376. The number of anilines is 1. The zero-order valence-electron chi connectivity index (χ0n) is 14.2. The summed E-state index contributed by atoms with van der Waals surface area (Å²) in [6.07, 6.45) is 1.52. The molecule has 7 nitrogen and oxygen atoms in total. The van der Waals surface area contributed by atoms with Crippen molar-refractivity contribution in [3.05, 3.63) is 76.4 Å². The van der Waals surface area contributed by atoms with Gasteiger partial charge in [0.05, 0.1) is 24.2 Å². The highest BCUT2D eigenvalue weighted by atomic mass is 32.1. The molecule has 0 atom stereocenters. The Morgan fingerprint density at radius 3 is 2.41 bits per heavy atom. The van der Waals surface area contributed by atoms with Crippen LogP contribution in [-0.4, -0.2) is 24.3 Å². The van der Waals surface area contributed by atoms with Crippen molar-refractivity contribution < 1.29 is 18.8 Å². The van der Waals surface area contributed by atoms with Crippen molar-refractivity contribution in [3.63, 3.8) is 0 Å². The van der Waals surface area contributed by atoms with E-state index in [9.17, 15) is 14.4 Å². The molecule has 0 saturated heterocycles. The lowest BCUT2D eigenvalue weighted by Crippen LogP contribution is -2.36. The van der Waals surface area contributed by atoms with E-state index < -0.39 is 0 Å². The van der Waals surface area contributed by atoms with E-state index in [4.69, 9.17) is 4.42 Å². The number of amides is 3. The monoisotopic (exact) mass is 383 g/mol. The molecule has 0 radical (unpaired) electrons. The molecule has 3 amide bonds. The van der Waals surface area contributed by atoms with Crippen LogP contribution in [0, 0.1) is 0 Å². The third kappa shape index (κ3) is 5.29. The Labute approximate surface area is 159 Å². The first-order valence-corrected chi connectivity index (χ1v) is 9.02. The van der Waals surface area contributed by atoms with Crippen LogP contribution in [-0.2, 0) is 11.3 Å². The first-order valence-electron chi connectivity index (χ1n) is 8.14. The highest BCUT2D eigenvalue weighted by Gasteiger charge is 2.10. The smallest absolute Gasteiger partial charge is 0.265 e. The number of hydrogen-bond donors (Lipinski definition) is 3. The summed E-state index contributed by atoms with van der Waals surface area (Å²) in [7, 11) is 0. The number of nitrogens with one attached hydrogen (secondary N) is 3. The molecule has 3 aromatic rings. The van der Waals surface area contributed by atoms with Crippen LogP contribution in [0.25, 0.3) is 0 Å². The van der Waals surface area contributed by atoms with Crippen molar-refractivity contribution in [2.75, 3.05) is 11.9 Å². The van der Waals surface area contributed by atoms with Gasteiger partial charge in [-0.2, -0.15) is 0 Å². The number of carbonyl (C=O) groups is 3. The van der Waals surface area contributed by atoms with Gasteiger partial charge in [0.15, 0.2) is 0 Å². The molecule has 0 fully saturated rings. The van der Waals surface area contributed by atoms with Crippen molar-refractivity contribution in [3.8, 4) is 0 Å². The largest absolute Gasteiger partial charge is 0.467 e. The summed E-state index contributed by atoms with van der Waals surface area (Å²) in [4.78, 5) is 36.5. The van der Waals surface area contributed by atoms with Gasteiger partial charge in [-0.25, -0.2) is 0 Å². The van der Waals surface area contributed by atoms with E-state index >= 15 is 0 Å². The van der Waals surface area contributed by atoms with Gasteiger partial charge in [0.1, 0.15) is 5.76 Å². The van der Waals surface area contributed by atoms with Crippen molar-refractivity contribution in [2.24, 2.45) is 0 Å². The van der Waals surface area contributed by atoms with Crippen LogP contribution < -0.4 is 16.0 Å². The molecule has 1 aromatic carbocycles. The number of hydrogen-bond acceptors (Lipinski definition) is 5. The molecule has 3 rings (SSSR count). The summed E-state index contributed by atoms with van der Waals surface area (Å²) < 4.78 is 5.11. The van der Waals surface area contributed by atoms with Crippen LogP contribution in [0.5, 0.6) is 0 Å². The molecule has 0 aliphatic rings. The fourth-order valence-corrected chi connectivity index (χ4v) is 2.85. The summed E-state index contributed by atoms with van der Waals surface area (Å²) in [5, 5.41) is 9.77. The van der Waals surface area contributed by atoms with Gasteiger partial charge in [-0.15, -0.1) is 11.3 Å². The van der Waals surface area contributed by atoms with E-state index in [1.54, 1.807) is 48.5 Å². The van der Waals surface area contributed by atoms with Gasteiger partial charge in [0.2, 0.25) is 5.91 Å². The van der Waals surface area contributed by atoms with Crippen LogP contribution in [0.3, 0.4) is 0 Å². The fourth-order valence-electron chi connectivity index (χ4n) is 2.23. The second-order valence-corrected chi connectivity index (χ2v) is 6.50. The van der Waals surface area contributed by atoms with E-state index in [0.29, 0.717) is 21.9 Å². The number of benzene rings is 1. The van der Waals surface area contributed by atoms with E-state index in [0.717, 1.165) is 0 Å². The van der Waals surface area contributed by atoms with Crippen molar-refractivity contribution in [2.45, 2.75) is 6.54 Å². The van der Waals surface area contributed by atoms with Crippen LogP contribution >= 0.6 is 11.3 Å². The second kappa shape index (κ2) is 8.81. The van der Waals surface area contributed by atoms with Gasteiger partial charge in [-0.05, 0) is 47.8 Å². The Morgan fingerprint density at radius 1 is 0.926 bits per heavy atom. The zero-order valence-corrected chi connectivity index (χ0v) is 15.0. The lowest BCUT2D eigenvalue weighted by Gasteiger charge is -2.07. The Kier molecular flexibility index (Phi) is 6.01. The molecule has 0 aliphatic heterocycles. The predicted octanol–water partition coefficient (Wildman–Crippen LogP) is 2.64. The van der Waals surface area contributed by atoms with Gasteiger partial charge in [-0.3, -0.25) is 14.4 Å². The molecule has 2 heterocycles. The summed E-state index contributed by atoms with van der Waals surface area (Å²) in [5.41, 5.74) is 0.976. The molecule has 2 aromatic heterocycles. The minimum absolute atomic E-state index is 0.142. The normalized spacial score (nSPS) is 10.2. The van der Waals surface area contributed by atoms with E-state index in [2.05, 4.69) is 16.0 Å². The molecule has 0 spiro atoms. The van der Waals surface area contributed by atoms with Crippen LogP contribution in [0.15, 0.2) is 64.6 Å². The highest BCUT2D eigenvalue weighted by Crippen LogP contribution is 2.14. The van der Waals surface area contributed by atoms with Crippen molar-refractivity contribution in [1.82, 2.24) is 10.6 Å². The average molecular weight is 383 g/mol. The van der Waals surface area contributed by atoms with Gasteiger partial charge < -0.3 is 20.4 Å². The molecule has 138 valence electrons. The molecule has 8 heteroatoms. The second-order valence-electron chi connectivity index (χ2n) is 5.55. The molecule has 0 unspecified atom stereocenters. The van der Waals surface area contributed by atoms with E-state index in [1.807, 2.05) is 5.38 Å². The van der Waals surface area contributed by atoms with E-state index in [-0.39, 0.29) is 30.8 Å². The molecule has 27 heavy (non-hydrogen) atoms. The summed E-state index contributed by atoms with van der Waals surface area (Å²) in [6.45, 7) is 0.122. The summed E-state index contributed by atoms with van der Waals surface area (Å²) >= 11 is 1.35. The van der Waals surface area contributed by atoms with Crippen molar-refractivity contribution >= 4 is 34.7 Å². The highest BCUT2D eigenvalue weighted by molar-refractivity contribution is 7.12. The predicted molar refractivity (Wildman–Crippen MR) is 102 cm³/mol. The first-order chi connectivity index (χ1) is 13.1. The van der Waals surface area contributed by atoms with Gasteiger partial charge in [0, 0.05) is 11.3 Å². The maximum Gasteiger partial charge on any atom is 0.265 e. The topological polar surface area (TPSA) is 100 Å². The van der Waals surface area contributed by atoms with E-state index in [1.165, 1.54) is 17.6 Å². The lowest BCUT2D eigenvalue weighted by atomic mass is 10.2. The summed E-state index contributed by atoms with van der Waals surface area (Å²) in [6, 6.07) is 13.5. The standard InChI is InChI=1S/C19H17N3O4S/c23-17(20-11-15-3-1-9-26-15)12-21-18(24)13-5-7-14(8-6-13)22-19(25)16-4-2-10-27-16/h1-10H,11-12H2,(H,20,23)(H,21,24)(H,22,25). The maximum atomic E-state index is 12.1. The Bertz CT molecular complexity index is 903. The molecular formula is C19H17N3O4S. The number of rotatable bonds is 7. The molecule has 0 bridgehead atoms. The average Bonchev–Trinajstić information content (AvgIpc) is 3.39. The van der Waals surface area contributed by atoms with Crippen LogP contribution in [0.2, 0.25) is 0 Å². The quantitative estimate of drug-likeness (QED) is 0.584. The Morgan fingerprint density at radius 2 is 1.74 bits per heavy atom. The zero-order chi connectivity index (χ0) is 19.1. The molecular weight excluding hydrogens is 366 g/mol. The lowest BCUT2D eigenvalue weighted by molar-refractivity contribution is -0.120. The van der Waals surface area contributed by atoms with Crippen molar-refractivity contribution in [1.29, 1.82) is 0 Å². The number of carbonyl (C=O) groups excluding carboxylic acids is 3.